The van der Waals surface area contributed by atoms with Crippen molar-refractivity contribution >= 4 is 15.9 Å². The van der Waals surface area contributed by atoms with Gasteiger partial charge in [-0.05, 0) is 48.9 Å². The Morgan fingerprint density at radius 1 is 1.14 bits per heavy atom. The largest absolute Gasteiger partial charge is 0.339 e. The smallest absolute Gasteiger partial charge is 0.256 e. The number of hydrogen-bond donors (Lipinski definition) is 1. The van der Waals surface area contributed by atoms with E-state index in [1.165, 1.54) is 11.6 Å². The number of rotatable bonds is 6. The molecule has 0 aliphatic carbocycles. The van der Waals surface area contributed by atoms with Crippen molar-refractivity contribution in [2.45, 2.75) is 31.1 Å². The Hall–Kier alpha value is -2.25. The fourth-order valence-corrected chi connectivity index (χ4v) is 4.63. The first-order valence-electron chi connectivity index (χ1n) is 9.53. The van der Waals surface area contributed by atoms with Gasteiger partial charge < -0.3 is 4.90 Å². The number of hydrogen-bond acceptors (Lipinski definition) is 3. The van der Waals surface area contributed by atoms with Crippen LogP contribution in [0, 0.1) is 11.7 Å². The van der Waals surface area contributed by atoms with Gasteiger partial charge in [0, 0.05) is 19.6 Å². The predicted molar refractivity (Wildman–Crippen MR) is 106 cm³/mol. The van der Waals surface area contributed by atoms with Crippen LogP contribution in [0.15, 0.2) is 53.4 Å². The SMILES string of the molecule is CCNS(=O)(=O)c1ccc(F)c(C(=O)N2CCC(Cc3ccccc3)CC2)c1. The molecule has 1 N–H and O–H groups in total. The molecule has 1 heterocycles. The van der Waals surface area contributed by atoms with E-state index in [-0.39, 0.29) is 17.0 Å². The van der Waals surface area contributed by atoms with Gasteiger partial charge in [-0.2, -0.15) is 0 Å². The van der Waals surface area contributed by atoms with E-state index in [9.17, 15) is 17.6 Å². The third-order valence-corrected chi connectivity index (χ3v) is 6.63. The minimum Gasteiger partial charge on any atom is -0.339 e. The molecule has 28 heavy (non-hydrogen) atoms. The molecule has 3 rings (SSSR count). The second-order valence-corrected chi connectivity index (χ2v) is 8.84. The van der Waals surface area contributed by atoms with Crippen LogP contribution in [0.4, 0.5) is 4.39 Å². The molecule has 1 fully saturated rings. The zero-order valence-electron chi connectivity index (χ0n) is 15.9. The molecule has 0 saturated carbocycles. The summed E-state index contributed by atoms with van der Waals surface area (Å²) in [7, 11) is -3.74. The Morgan fingerprint density at radius 3 is 2.46 bits per heavy atom. The van der Waals surface area contributed by atoms with Crippen LogP contribution in [0.2, 0.25) is 0 Å². The molecular formula is C21H25FN2O3S. The van der Waals surface area contributed by atoms with Crippen LogP contribution in [0.25, 0.3) is 0 Å². The molecule has 1 aliphatic heterocycles. The van der Waals surface area contributed by atoms with Gasteiger partial charge in [0.15, 0.2) is 0 Å². The highest BCUT2D eigenvalue weighted by Crippen LogP contribution is 2.24. The summed E-state index contributed by atoms with van der Waals surface area (Å²) in [5, 5.41) is 0. The normalized spacial score (nSPS) is 15.6. The molecule has 5 nitrogen and oxygen atoms in total. The maximum Gasteiger partial charge on any atom is 0.256 e. The number of likely N-dealkylation sites (tertiary alicyclic amines) is 1. The lowest BCUT2D eigenvalue weighted by Gasteiger charge is -2.32. The number of amides is 1. The topological polar surface area (TPSA) is 66.5 Å². The van der Waals surface area contributed by atoms with Crippen LogP contribution < -0.4 is 4.72 Å². The number of piperidine rings is 1. The Morgan fingerprint density at radius 2 is 1.82 bits per heavy atom. The summed E-state index contributed by atoms with van der Waals surface area (Å²) < 4.78 is 40.9. The molecule has 0 unspecified atom stereocenters. The molecule has 1 aliphatic rings. The first-order valence-corrected chi connectivity index (χ1v) is 11.0. The van der Waals surface area contributed by atoms with Crippen molar-refractivity contribution in [2.24, 2.45) is 5.92 Å². The van der Waals surface area contributed by atoms with Gasteiger partial charge >= 0.3 is 0 Å². The van der Waals surface area contributed by atoms with Gasteiger partial charge in [0.1, 0.15) is 5.82 Å². The van der Waals surface area contributed by atoms with E-state index in [1.807, 2.05) is 18.2 Å². The van der Waals surface area contributed by atoms with Crippen LogP contribution in [0.3, 0.4) is 0 Å². The summed E-state index contributed by atoms with van der Waals surface area (Å²) in [6.45, 7) is 2.96. The quantitative estimate of drug-likeness (QED) is 0.804. The Kier molecular flexibility index (Phi) is 6.46. The fraction of sp³-hybridized carbons (Fsp3) is 0.381. The van der Waals surface area contributed by atoms with Crippen LogP contribution in [-0.4, -0.2) is 38.9 Å². The molecule has 7 heteroatoms. The lowest BCUT2D eigenvalue weighted by Crippen LogP contribution is -2.39. The average Bonchev–Trinajstić information content (AvgIpc) is 2.69. The maximum absolute atomic E-state index is 14.3. The number of carbonyl (C=O) groups excluding carboxylic acids is 1. The first kappa shape index (κ1) is 20.5. The summed E-state index contributed by atoms with van der Waals surface area (Å²) in [5.41, 5.74) is 1.08. The minimum absolute atomic E-state index is 0.0990. The third kappa shape index (κ3) is 4.77. The number of halogens is 1. The molecule has 150 valence electrons. The molecule has 0 aromatic heterocycles. The molecular weight excluding hydrogens is 379 g/mol. The van der Waals surface area contributed by atoms with Crippen LogP contribution in [-0.2, 0) is 16.4 Å². The van der Waals surface area contributed by atoms with Crippen LogP contribution in [0.5, 0.6) is 0 Å². The number of nitrogens with one attached hydrogen (secondary N) is 1. The molecule has 0 radical (unpaired) electrons. The molecule has 1 amide bonds. The Balaban J connectivity index is 1.68. The highest BCUT2D eigenvalue weighted by molar-refractivity contribution is 7.89. The van der Waals surface area contributed by atoms with Gasteiger partial charge in [-0.25, -0.2) is 17.5 Å². The van der Waals surface area contributed by atoms with Crippen LogP contribution in [0.1, 0.15) is 35.7 Å². The second-order valence-electron chi connectivity index (χ2n) is 7.07. The van der Waals surface area contributed by atoms with Gasteiger partial charge in [0.05, 0.1) is 10.5 Å². The second kappa shape index (κ2) is 8.84. The highest BCUT2D eigenvalue weighted by Gasteiger charge is 2.27. The molecule has 0 spiro atoms. The number of nitrogens with zero attached hydrogens (tertiary/aromatic N) is 1. The van der Waals surface area contributed by atoms with Gasteiger partial charge in [-0.1, -0.05) is 37.3 Å². The van der Waals surface area contributed by atoms with E-state index in [0.717, 1.165) is 31.4 Å². The van der Waals surface area contributed by atoms with E-state index in [0.29, 0.717) is 19.0 Å². The Bertz CT molecular complexity index is 924. The van der Waals surface area contributed by atoms with Gasteiger partial charge in [0.2, 0.25) is 10.0 Å². The van der Waals surface area contributed by atoms with Crippen molar-refractivity contribution in [1.29, 1.82) is 0 Å². The maximum atomic E-state index is 14.3. The van der Waals surface area contributed by atoms with Crippen molar-refractivity contribution in [3.63, 3.8) is 0 Å². The van der Waals surface area contributed by atoms with E-state index < -0.39 is 21.7 Å². The monoisotopic (exact) mass is 404 g/mol. The van der Waals surface area contributed by atoms with E-state index in [1.54, 1.807) is 11.8 Å². The predicted octanol–water partition coefficient (Wildman–Crippen LogP) is 3.22. The van der Waals surface area contributed by atoms with Gasteiger partial charge in [-0.15, -0.1) is 0 Å². The summed E-state index contributed by atoms with van der Waals surface area (Å²) in [4.78, 5) is 14.3. The van der Waals surface area contributed by atoms with Crippen molar-refractivity contribution in [2.75, 3.05) is 19.6 Å². The van der Waals surface area contributed by atoms with Gasteiger partial charge in [-0.3, -0.25) is 4.79 Å². The third-order valence-electron chi connectivity index (χ3n) is 5.08. The zero-order chi connectivity index (χ0) is 20.1. The van der Waals surface area contributed by atoms with Crippen molar-refractivity contribution < 1.29 is 17.6 Å². The lowest BCUT2D eigenvalue weighted by molar-refractivity contribution is 0.0685. The number of sulfonamides is 1. The summed E-state index contributed by atoms with van der Waals surface area (Å²) in [6, 6.07) is 13.6. The highest BCUT2D eigenvalue weighted by atomic mass is 32.2. The van der Waals surface area contributed by atoms with Crippen molar-refractivity contribution in [3.05, 3.63) is 65.5 Å². The zero-order valence-corrected chi connectivity index (χ0v) is 16.7. The molecule has 0 atom stereocenters. The standard InChI is InChI=1S/C21H25FN2O3S/c1-2-23-28(26,27)18-8-9-20(22)19(15-18)21(25)24-12-10-17(11-13-24)14-16-6-4-3-5-7-16/h3-9,15,17,23H,2,10-14H2,1H3. The molecule has 2 aromatic carbocycles. The minimum atomic E-state index is -3.74. The first-order chi connectivity index (χ1) is 13.4. The fourth-order valence-electron chi connectivity index (χ4n) is 3.57. The molecule has 2 aromatic rings. The average molecular weight is 405 g/mol. The van der Waals surface area contributed by atoms with Crippen molar-refractivity contribution in [3.8, 4) is 0 Å². The lowest BCUT2D eigenvalue weighted by atomic mass is 9.90. The molecule has 0 bridgehead atoms. The summed E-state index contributed by atoms with van der Waals surface area (Å²) in [6.07, 6.45) is 2.66. The summed E-state index contributed by atoms with van der Waals surface area (Å²) in [5.74, 6) is -0.673. The molecule has 1 saturated heterocycles. The van der Waals surface area contributed by atoms with Gasteiger partial charge in [0.25, 0.3) is 5.91 Å². The number of carbonyl (C=O) groups is 1. The van der Waals surface area contributed by atoms with E-state index in [4.69, 9.17) is 0 Å². The van der Waals surface area contributed by atoms with E-state index in [2.05, 4.69) is 16.9 Å². The summed E-state index contributed by atoms with van der Waals surface area (Å²) >= 11 is 0. The Labute approximate surface area is 165 Å². The number of benzene rings is 2. The van der Waals surface area contributed by atoms with E-state index >= 15 is 0 Å². The van der Waals surface area contributed by atoms with Crippen LogP contribution >= 0.6 is 0 Å². The van der Waals surface area contributed by atoms with Crippen molar-refractivity contribution in [1.82, 2.24) is 9.62 Å².